The topological polar surface area (TPSA) is 86.8 Å². The molecule has 28 heavy (non-hydrogen) atoms. The van der Waals surface area contributed by atoms with Crippen molar-refractivity contribution in [1.29, 1.82) is 0 Å². The van der Waals surface area contributed by atoms with Crippen LogP contribution in [0.3, 0.4) is 0 Å². The van der Waals surface area contributed by atoms with Gasteiger partial charge in [-0.05, 0) is 56.3 Å². The van der Waals surface area contributed by atoms with Crippen molar-refractivity contribution in [2.45, 2.75) is 20.0 Å². The van der Waals surface area contributed by atoms with Gasteiger partial charge in [-0.1, -0.05) is 11.3 Å². The monoisotopic (exact) mass is 400 g/mol. The Labute approximate surface area is 166 Å². The fraction of sp³-hybridized carbons (Fsp3) is 0.250. The van der Waals surface area contributed by atoms with Gasteiger partial charge in [-0.25, -0.2) is 9.78 Å². The second-order valence-corrected chi connectivity index (χ2v) is 6.88. The fourth-order valence-electron chi connectivity index (χ4n) is 2.44. The maximum Gasteiger partial charge on any atom is 0.338 e. The number of hydrogen-bond acceptors (Lipinski definition) is 7. The van der Waals surface area contributed by atoms with Crippen molar-refractivity contribution in [2.24, 2.45) is 0 Å². The van der Waals surface area contributed by atoms with Crippen LogP contribution in [-0.2, 0) is 9.53 Å². The van der Waals surface area contributed by atoms with Gasteiger partial charge in [-0.15, -0.1) is 0 Å². The van der Waals surface area contributed by atoms with Crippen molar-refractivity contribution >= 4 is 38.6 Å². The van der Waals surface area contributed by atoms with E-state index in [1.165, 1.54) is 11.3 Å². The second-order valence-electron chi connectivity index (χ2n) is 5.85. The molecule has 1 unspecified atom stereocenters. The van der Waals surface area contributed by atoms with Crippen molar-refractivity contribution < 1.29 is 23.8 Å². The van der Waals surface area contributed by atoms with Crippen LogP contribution in [0, 0.1) is 0 Å². The molecule has 2 aromatic carbocycles. The molecule has 1 aromatic heterocycles. The summed E-state index contributed by atoms with van der Waals surface area (Å²) in [5, 5.41) is 3.19. The minimum atomic E-state index is -0.712. The summed E-state index contributed by atoms with van der Waals surface area (Å²) in [6, 6.07) is 12.1. The molecule has 0 spiro atoms. The predicted molar refractivity (Wildman–Crippen MR) is 107 cm³/mol. The highest BCUT2D eigenvalue weighted by molar-refractivity contribution is 7.22. The Morgan fingerprint density at radius 1 is 1.14 bits per heavy atom. The van der Waals surface area contributed by atoms with E-state index in [0.29, 0.717) is 34.3 Å². The van der Waals surface area contributed by atoms with Crippen LogP contribution < -0.4 is 14.8 Å². The summed E-state index contributed by atoms with van der Waals surface area (Å²) in [6.07, 6.45) is -0.712. The van der Waals surface area contributed by atoms with Gasteiger partial charge in [0.2, 0.25) is 0 Å². The van der Waals surface area contributed by atoms with Gasteiger partial charge in [0.05, 0.1) is 29.5 Å². The van der Waals surface area contributed by atoms with E-state index in [1.54, 1.807) is 63.4 Å². The van der Waals surface area contributed by atoms with Crippen LogP contribution >= 0.6 is 11.3 Å². The van der Waals surface area contributed by atoms with Gasteiger partial charge in [-0.3, -0.25) is 10.1 Å². The van der Waals surface area contributed by atoms with Gasteiger partial charge in [0.15, 0.2) is 11.2 Å². The highest BCUT2D eigenvalue weighted by Gasteiger charge is 2.17. The molecule has 1 heterocycles. The lowest BCUT2D eigenvalue weighted by molar-refractivity contribution is -0.122. The standard InChI is InChI=1S/C20H20N2O5S/c1-4-26-19(24)13-5-10-16-17(11-13)28-20(21-16)22-18(23)12(2)27-15-8-6-14(25-3)7-9-15/h5-12H,4H2,1-3H3,(H,21,22,23). The number of carbonyl (C=O) groups excluding carboxylic acids is 2. The minimum Gasteiger partial charge on any atom is -0.497 e. The van der Waals surface area contributed by atoms with E-state index in [9.17, 15) is 9.59 Å². The number of aromatic nitrogens is 1. The summed E-state index contributed by atoms with van der Waals surface area (Å²) in [6.45, 7) is 3.73. The largest absolute Gasteiger partial charge is 0.497 e. The Bertz CT molecular complexity index is 984. The highest BCUT2D eigenvalue weighted by atomic mass is 32.1. The number of nitrogens with one attached hydrogen (secondary N) is 1. The number of rotatable bonds is 7. The van der Waals surface area contributed by atoms with Gasteiger partial charge < -0.3 is 14.2 Å². The van der Waals surface area contributed by atoms with Crippen molar-refractivity contribution in [3.8, 4) is 11.5 Å². The summed E-state index contributed by atoms with van der Waals surface area (Å²) >= 11 is 1.28. The SMILES string of the molecule is CCOC(=O)c1ccc2nc(NC(=O)C(C)Oc3ccc(OC)cc3)sc2c1. The van der Waals surface area contributed by atoms with E-state index < -0.39 is 6.10 Å². The molecule has 0 aliphatic rings. The number of fused-ring (bicyclic) bond motifs is 1. The fourth-order valence-corrected chi connectivity index (χ4v) is 3.35. The van der Waals surface area contributed by atoms with Gasteiger partial charge >= 0.3 is 5.97 Å². The molecule has 1 atom stereocenters. The number of thiazole rings is 1. The van der Waals surface area contributed by atoms with Crippen LogP contribution in [0.4, 0.5) is 5.13 Å². The Morgan fingerprint density at radius 3 is 2.54 bits per heavy atom. The molecule has 0 saturated carbocycles. The number of nitrogens with zero attached hydrogens (tertiary/aromatic N) is 1. The van der Waals surface area contributed by atoms with E-state index in [0.717, 1.165) is 4.70 Å². The molecule has 3 rings (SSSR count). The van der Waals surface area contributed by atoms with Crippen molar-refractivity contribution in [2.75, 3.05) is 19.0 Å². The van der Waals surface area contributed by atoms with Gasteiger partial charge in [0.25, 0.3) is 5.91 Å². The van der Waals surface area contributed by atoms with E-state index in [2.05, 4.69) is 10.3 Å². The van der Waals surface area contributed by atoms with Crippen molar-refractivity contribution in [3.05, 3.63) is 48.0 Å². The molecule has 0 saturated heterocycles. The first-order valence-electron chi connectivity index (χ1n) is 8.69. The highest BCUT2D eigenvalue weighted by Crippen LogP contribution is 2.27. The summed E-state index contributed by atoms with van der Waals surface area (Å²) in [5.41, 5.74) is 1.14. The average molecular weight is 400 g/mol. The molecule has 146 valence electrons. The van der Waals surface area contributed by atoms with E-state index in [4.69, 9.17) is 14.2 Å². The zero-order valence-electron chi connectivity index (χ0n) is 15.7. The lowest BCUT2D eigenvalue weighted by Gasteiger charge is -2.13. The zero-order valence-corrected chi connectivity index (χ0v) is 16.5. The molecule has 0 aliphatic heterocycles. The first kappa shape index (κ1) is 19.6. The number of carbonyl (C=O) groups is 2. The third kappa shape index (κ3) is 4.58. The number of ether oxygens (including phenoxy) is 3. The Morgan fingerprint density at radius 2 is 1.86 bits per heavy atom. The molecule has 8 heteroatoms. The number of benzene rings is 2. The van der Waals surface area contributed by atoms with Gasteiger partial charge in [0.1, 0.15) is 11.5 Å². The predicted octanol–water partition coefficient (Wildman–Crippen LogP) is 3.89. The first-order valence-corrected chi connectivity index (χ1v) is 9.51. The third-order valence-corrected chi connectivity index (χ3v) is 4.80. The molecular weight excluding hydrogens is 380 g/mol. The van der Waals surface area contributed by atoms with Crippen LogP contribution in [0.1, 0.15) is 24.2 Å². The number of esters is 1. The first-order chi connectivity index (χ1) is 13.5. The molecule has 0 bridgehead atoms. The lowest BCUT2D eigenvalue weighted by atomic mass is 10.2. The maximum absolute atomic E-state index is 12.4. The van der Waals surface area contributed by atoms with Crippen LogP contribution in [0.25, 0.3) is 10.2 Å². The molecule has 3 aromatic rings. The van der Waals surface area contributed by atoms with E-state index >= 15 is 0 Å². The third-order valence-electron chi connectivity index (χ3n) is 3.87. The molecule has 0 fully saturated rings. The molecule has 0 aliphatic carbocycles. The quantitative estimate of drug-likeness (QED) is 0.606. The normalized spacial score (nSPS) is 11.7. The molecule has 7 nitrogen and oxygen atoms in total. The maximum atomic E-state index is 12.4. The van der Waals surface area contributed by atoms with Crippen LogP contribution in [0.15, 0.2) is 42.5 Å². The Balaban J connectivity index is 1.66. The number of anilines is 1. The summed E-state index contributed by atoms with van der Waals surface area (Å²) < 4.78 is 16.5. The molecule has 1 amide bonds. The molecule has 0 radical (unpaired) electrons. The summed E-state index contributed by atoms with van der Waals surface area (Å²) in [7, 11) is 1.58. The van der Waals surface area contributed by atoms with Gasteiger partial charge in [0, 0.05) is 0 Å². The number of amides is 1. The van der Waals surface area contributed by atoms with Crippen LogP contribution in [0.2, 0.25) is 0 Å². The smallest absolute Gasteiger partial charge is 0.338 e. The Kier molecular flexibility index (Phi) is 6.10. The van der Waals surface area contributed by atoms with Crippen LogP contribution in [-0.4, -0.2) is 36.7 Å². The van der Waals surface area contributed by atoms with Crippen LogP contribution in [0.5, 0.6) is 11.5 Å². The second kappa shape index (κ2) is 8.71. The lowest BCUT2D eigenvalue weighted by Crippen LogP contribution is -2.30. The Hall–Kier alpha value is -3.13. The average Bonchev–Trinajstić information content (AvgIpc) is 3.10. The van der Waals surface area contributed by atoms with Crippen molar-refractivity contribution in [1.82, 2.24) is 4.98 Å². The molecular formula is C20H20N2O5S. The van der Waals surface area contributed by atoms with E-state index in [-0.39, 0.29) is 11.9 Å². The number of methoxy groups -OCH3 is 1. The summed E-state index contributed by atoms with van der Waals surface area (Å²) in [5.74, 6) is 0.568. The van der Waals surface area contributed by atoms with E-state index in [1.807, 2.05) is 0 Å². The zero-order chi connectivity index (χ0) is 20.1. The summed E-state index contributed by atoms with van der Waals surface area (Å²) in [4.78, 5) is 28.6. The van der Waals surface area contributed by atoms with Gasteiger partial charge in [-0.2, -0.15) is 0 Å². The van der Waals surface area contributed by atoms with Crippen molar-refractivity contribution in [3.63, 3.8) is 0 Å². The molecule has 1 N–H and O–H groups in total. The number of hydrogen-bond donors (Lipinski definition) is 1. The minimum absolute atomic E-state index is 0.312.